The van der Waals surface area contributed by atoms with Crippen molar-refractivity contribution in [1.29, 1.82) is 0 Å². The first-order chi connectivity index (χ1) is 33.2. The van der Waals surface area contributed by atoms with Gasteiger partial charge < -0.3 is 4.57 Å². The van der Waals surface area contributed by atoms with E-state index in [4.69, 9.17) is 24.9 Å². The summed E-state index contributed by atoms with van der Waals surface area (Å²) in [6.07, 6.45) is 0. The van der Waals surface area contributed by atoms with Crippen LogP contribution in [-0.4, -0.2) is 29.5 Å². The molecule has 0 amide bonds. The minimum atomic E-state index is 0.528. The van der Waals surface area contributed by atoms with Crippen LogP contribution in [0.3, 0.4) is 0 Å². The molecule has 0 aliphatic heterocycles. The van der Waals surface area contributed by atoms with Crippen LogP contribution in [0.25, 0.3) is 118 Å². The molecule has 3 aromatic heterocycles. The highest BCUT2D eigenvalue weighted by Gasteiger charge is 2.22. The maximum Gasteiger partial charge on any atom is 0.166 e. The second-order valence-electron chi connectivity index (χ2n) is 16.5. The van der Waals surface area contributed by atoms with Crippen molar-refractivity contribution < 1.29 is 0 Å². The lowest BCUT2D eigenvalue weighted by Crippen LogP contribution is -2.04. The number of nitrogens with zero attached hydrogens (tertiary/aromatic N) is 6. The van der Waals surface area contributed by atoms with Crippen molar-refractivity contribution >= 4 is 21.8 Å². The number of hydrogen-bond donors (Lipinski definition) is 0. The fraction of sp³-hybridized carbons (Fsp3) is 0. The van der Waals surface area contributed by atoms with Crippen molar-refractivity contribution in [2.75, 3.05) is 0 Å². The highest BCUT2D eigenvalue weighted by Crippen LogP contribution is 2.41. The van der Waals surface area contributed by atoms with Crippen LogP contribution in [0, 0.1) is 0 Å². The summed E-state index contributed by atoms with van der Waals surface area (Å²) in [6, 6.07) is 84.1. The molecule has 0 saturated carbocycles. The monoisotopic (exact) mass is 856 g/mol. The van der Waals surface area contributed by atoms with Crippen LogP contribution >= 0.6 is 0 Å². The van der Waals surface area contributed by atoms with E-state index in [0.29, 0.717) is 23.3 Å². The molecule has 314 valence electrons. The van der Waals surface area contributed by atoms with E-state index in [-0.39, 0.29) is 0 Å². The average Bonchev–Trinajstić information content (AvgIpc) is 3.74. The Morgan fingerprint density at radius 3 is 1.03 bits per heavy atom. The maximum atomic E-state index is 5.35. The Morgan fingerprint density at radius 2 is 0.597 bits per heavy atom. The molecule has 0 atom stereocenters. The van der Waals surface area contributed by atoms with Crippen LogP contribution in [0.5, 0.6) is 0 Å². The van der Waals surface area contributed by atoms with Gasteiger partial charge in [0.25, 0.3) is 0 Å². The molecule has 0 bridgehead atoms. The van der Waals surface area contributed by atoms with Gasteiger partial charge in [0, 0.05) is 44.2 Å². The molecule has 0 radical (unpaired) electrons. The largest absolute Gasteiger partial charge is 0.308 e. The molecule has 0 aliphatic rings. The first-order valence-corrected chi connectivity index (χ1v) is 22.4. The Balaban J connectivity index is 1.17. The van der Waals surface area contributed by atoms with E-state index >= 15 is 0 Å². The molecule has 12 aromatic rings. The molecule has 3 heterocycles. The first-order valence-electron chi connectivity index (χ1n) is 22.4. The number of rotatable bonds is 9. The van der Waals surface area contributed by atoms with E-state index < -0.39 is 0 Å². The van der Waals surface area contributed by atoms with Gasteiger partial charge >= 0.3 is 0 Å². The minimum absolute atomic E-state index is 0.528. The normalized spacial score (nSPS) is 11.3. The molecule has 9 aromatic carbocycles. The summed E-state index contributed by atoms with van der Waals surface area (Å²) < 4.78 is 2.38. The summed E-state index contributed by atoms with van der Waals surface area (Å²) in [5.41, 5.74) is 14.6. The summed E-state index contributed by atoms with van der Waals surface area (Å²) in [5, 5.41) is 2.28. The standard InChI is InChI=1S/C61H40N6/c1-7-19-41(20-8-1)47-31-34-50-51-35-32-48(42-21-9-2-10-22-42)39-57(51)67(56(50)38-47)55-36-33-49(60-62-53(43-23-11-3-12-24-43)40-54(63-60)44-25-13-4-14-26-44)37-52(55)61-65-58(45-27-15-5-16-28-45)64-59(66-61)46-29-17-6-18-30-46/h1-40H. The van der Waals surface area contributed by atoms with Gasteiger partial charge in [-0.15, -0.1) is 0 Å². The van der Waals surface area contributed by atoms with Gasteiger partial charge in [-0.3, -0.25) is 0 Å². The SMILES string of the molecule is c1ccc(-c2ccc3c4ccc(-c5ccccc5)cc4n(-c4ccc(-c5nc(-c6ccccc6)cc(-c6ccccc6)n5)cc4-c4nc(-c5ccccc5)nc(-c5ccccc5)n4)c3c2)cc1. The summed E-state index contributed by atoms with van der Waals surface area (Å²) in [6.45, 7) is 0. The number of aromatic nitrogens is 6. The molecule has 0 aliphatic carbocycles. The smallest absolute Gasteiger partial charge is 0.166 e. The average molecular weight is 857 g/mol. The summed E-state index contributed by atoms with van der Waals surface area (Å²) in [4.78, 5) is 26.3. The molecule has 67 heavy (non-hydrogen) atoms. The fourth-order valence-corrected chi connectivity index (χ4v) is 8.97. The van der Waals surface area contributed by atoms with Crippen molar-refractivity contribution in [3.63, 3.8) is 0 Å². The van der Waals surface area contributed by atoms with Gasteiger partial charge in [-0.05, 0) is 58.7 Å². The van der Waals surface area contributed by atoms with Gasteiger partial charge in [-0.1, -0.05) is 206 Å². The van der Waals surface area contributed by atoms with Gasteiger partial charge in [0.15, 0.2) is 23.3 Å². The van der Waals surface area contributed by atoms with Crippen molar-refractivity contribution in [1.82, 2.24) is 29.5 Å². The lowest BCUT2D eigenvalue weighted by molar-refractivity contribution is 1.06. The highest BCUT2D eigenvalue weighted by molar-refractivity contribution is 6.11. The van der Waals surface area contributed by atoms with E-state index in [2.05, 4.69) is 150 Å². The van der Waals surface area contributed by atoms with Gasteiger partial charge in [0.1, 0.15) is 0 Å². The van der Waals surface area contributed by atoms with Gasteiger partial charge in [0.05, 0.1) is 28.1 Å². The Labute approximate surface area is 388 Å². The number of benzene rings is 9. The molecular formula is C61H40N6. The quantitative estimate of drug-likeness (QED) is 0.145. The van der Waals surface area contributed by atoms with Crippen molar-refractivity contribution in [3.8, 4) is 96.0 Å². The molecule has 0 fully saturated rings. The van der Waals surface area contributed by atoms with Crippen molar-refractivity contribution in [2.45, 2.75) is 0 Å². The molecular weight excluding hydrogens is 817 g/mol. The van der Waals surface area contributed by atoms with Crippen LogP contribution in [0.2, 0.25) is 0 Å². The third-order valence-corrected chi connectivity index (χ3v) is 12.3. The second-order valence-corrected chi connectivity index (χ2v) is 16.5. The zero-order valence-electron chi connectivity index (χ0n) is 36.3. The molecule has 0 saturated heterocycles. The molecule has 6 heteroatoms. The summed E-state index contributed by atoms with van der Waals surface area (Å²) >= 11 is 0. The Bertz CT molecular complexity index is 3500. The zero-order chi connectivity index (χ0) is 44.5. The van der Waals surface area contributed by atoms with Crippen LogP contribution in [0.1, 0.15) is 0 Å². The number of fused-ring (bicyclic) bond motifs is 3. The Morgan fingerprint density at radius 1 is 0.239 bits per heavy atom. The van der Waals surface area contributed by atoms with Gasteiger partial charge in [-0.2, -0.15) is 0 Å². The van der Waals surface area contributed by atoms with Crippen LogP contribution < -0.4 is 0 Å². The van der Waals surface area contributed by atoms with Crippen LogP contribution in [0.4, 0.5) is 0 Å². The van der Waals surface area contributed by atoms with Gasteiger partial charge in [-0.25, -0.2) is 24.9 Å². The minimum Gasteiger partial charge on any atom is -0.308 e. The lowest BCUT2D eigenvalue weighted by atomic mass is 10.0. The van der Waals surface area contributed by atoms with Crippen molar-refractivity contribution in [2.24, 2.45) is 0 Å². The highest BCUT2D eigenvalue weighted by atomic mass is 15.1. The Hall–Kier alpha value is -9.13. The van der Waals surface area contributed by atoms with Crippen LogP contribution in [0.15, 0.2) is 243 Å². The predicted octanol–water partition coefficient (Wildman–Crippen LogP) is 15.1. The summed E-state index contributed by atoms with van der Waals surface area (Å²) in [5.74, 6) is 2.28. The molecule has 0 N–H and O–H groups in total. The van der Waals surface area contributed by atoms with E-state index in [1.165, 1.54) is 0 Å². The second kappa shape index (κ2) is 17.1. The molecule has 0 spiro atoms. The first kappa shape index (κ1) is 39.5. The van der Waals surface area contributed by atoms with E-state index in [0.717, 1.165) is 94.5 Å². The molecule has 6 nitrogen and oxygen atoms in total. The van der Waals surface area contributed by atoms with Crippen molar-refractivity contribution in [3.05, 3.63) is 243 Å². The predicted molar refractivity (Wildman–Crippen MR) is 273 cm³/mol. The molecule has 0 unspecified atom stereocenters. The van der Waals surface area contributed by atoms with E-state index in [1.807, 2.05) is 97.1 Å². The zero-order valence-corrected chi connectivity index (χ0v) is 36.3. The van der Waals surface area contributed by atoms with E-state index in [9.17, 15) is 0 Å². The fourth-order valence-electron chi connectivity index (χ4n) is 8.97. The lowest BCUT2D eigenvalue weighted by Gasteiger charge is -2.17. The topological polar surface area (TPSA) is 69.4 Å². The molecule has 12 rings (SSSR count). The van der Waals surface area contributed by atoms with Gasteiger partial charge in [0.2, 0.25) is 0 Å². The summed E-state index contributed by atoms with van der Waals surface area (Å²) in [7, 11) is 0. The Kier molecular flexibility index (Phi) is 10.1. The third kappa shape index (κ3) is 7.62. The maximum absolute atomic E-state index is 5.35. The number of hydrogen-bond acceptors (Lipinski definition) is 5. The van der Waals surface area contributed by atoms with Crippen LogP contribution in [-0.2, 0) is 0 Å². The third-order valence-electron chi connectivity index (χ3n) is 12.3. The van der Waals surface area contributed by atoms with E-state index in [1.54, 1.807) is 0 Å².